The van der Waals surface area contributed by atoms with Crippen molar-refractivity contribution in [2.45, 2.75) is 26.5 Å². The average Bonchev–Trinajstić information content (AvgIpc) is 2.24. The van der Waals surface area contributed by atoms with Gasteiger partial charge in [-0.15, -0.1) is 12.4 Å². The molecule has 0 spiro atoms. The SMILES string of the molecule is CC1(C)CNC(Cc2ccc(F)cc2)OC1.Cl. The molecule has 1 unspecified atom stereocenters. The second-order valence-corrected chi connectivity index (χ2v) is 5.18. The second kappa shape index (κ2) is 5.80. The Morgan fingerprint density at radius 1 is 1.35 bits per heavy atom. The lowest BCUT2D eigenvalue weighted by Gasteiger charge is -2.35. The third-order valence-corrected chi connectivity index (χ3v) is 2.82. The van der Waals surface area contributed by atoms with Crippen LogP contribution < -0.4 is 5.32 Å². The predicted molar refractivity (Wildman–Crippen MR) is 68.9 cm³/mol. The highest BCUT2D eigenvalue weighted by Crippen LogP contribution is 2.20. The normalized spacial score (nSPS) is 22.9. The first-order valence-electron chi connectivity index (χ1n) is 5.65. The molecular weight excluding hydrogens is 241 g/mol. The van der Waals surface area contributed by atoms with Gasteiger partial charge in [-0.05, 0) is 17.7 Å². The maximum absolute atomic E-state index is 12.7. The van der Waals surface area contributed by atoms with Gasteiger partial charge >= 0.3 is 0 Å². The first kappa shape index (κ1) is 14.4. The van der Waals surface area contributed by atoms with Crippen molar-refractivity contribution >= 4 is 12.4 Å². The van der Waals surface area contributed by atoms with Gasteiger partial charge in [-0.2, -0.15) is 0 Å². The second-order valence-electron chi connectivity index (χ2n) is 5.18. The van der Waals surface area contributed by atoms with Gasteiger partial charge in [-0.3, -0.25) is 5.32 Å². The fraction of sp³-hybridized carbons (Fsp3) is 0.538. The molecule has 1 aliphatic rings. The lowest BCUT2D eigenvalue weighted by molar-refractivity contribution is -0.0566. The van der Waals surface area contributed by atoms with Crippen molar-refractivity contribution < 1.29 is 9.13 Å². The van der Waals surface area contributed by atoms with Gasteiger partial charge in [0.1, 0.15) is 12.0 Å². The molecule has 0 amide bonds. The molecule has 1 aromatic rings. The van der Waals surface area contributed by atoms with Crippen LogP contribution in [0.25, 0.3) is 0 Å². The minimum atomic E-state index is -0.192. The maximum Gasteiger partial charge on any atom is 0.123 e. The van der Waals surface area contributed by atoms with E-state index in [1.54, 1.807) is 12.1 Å². The van der Waals surface area contributed by atoms with Crippen LogP contribution in [-0.4, -0.2) is 19.4 Å². The van der Waals surface area contributed by atoms with Gasteiger partial charge in [0.2, 0.25) is 0 Å². The minimum Gasteiger partial charge on any atom is -0.362 e. The molecule has 1 saturated heterocycles. The lowest BCUT2D eigenvalue weighted by Crippen LogP contribution is -2.48. The Morgan fingerprint density at radius 3 is 2.53 bits per heavy atom. The maximum atomic E-state index is 12.7. The van der Waals surface area contributed by atoms with Crippen LogP contribution in [0.3, 0.4) is 0 Å². The first-order valence-corrected chi connectivity index (χ1v) is 5.65. The molecule has 1 atom stereocenters. The van der Waals surface area contributed by atoms with E-state index in [9.17, 15) is 4.39 Å². The zero-order valence-electron chi connectivity index (χ0n) is 10.2. The van der Waals surface area contributed by atoms with Crippen molar-refractivity contribution in [3.05, 3.63) is 35.6 Å². The topological polar surface area (TPSA) is 21.3 Å². The molecule has 1 fully saturated rings. The summed E-state index contributed by atoms with van der Waals surface area (Å²) in [6.07, 6.45) is 0.842. The molecule has 96 valence electrons. The molecule has 17 heavy (non-hydrogen) atoms. The van der Waals surface area contributed by atoms with Gasteiger partial charge in [-0.25, -0.2) is 4.39 Å². The van der Waals surface area contributed by atoms with E-state index in [0.29, 0.717) is 0 Å². The Bertz CT molecular complexity index is 343. The van der Waals surface area contributed by atoms with Gasteiger partial charge in [0, 0.05) is 18.4 Å². The predicted octanol–water partition coefficient (Wildman–Crippen LogP) is 2.76. The number of benzene rings is 1. The Kier molecular flexibility index (Phi) is 4.92. The van der Waals surface area contributed by atoms with Gasteiger partial charge in [0.25, 0.3) is 0 Å². The molecular formula is C13H19ClFNO. The summed E-state index contributed by atoms with van der Waals surface area (Å²) in [4.78, 5) is 0. The Balaban J connectivity index is 0.00000144. The van der Waals surface area contributed by atoms with Crippen LogP contribution in [0.15, 0.2) is 24.3 Å². The zero-order valence-corrected chi connectivity index (χ0v) is 11.0. The quantitative estimate of drug-likeness (QED) is 0.882. The van der Waals surface area contributed by atoms with E-state index in [1.165, 1.54) is 12.1 Å². The first-order chi connectivity index (χ1) is 7.55. The fourth-order valence-electron chi connectivity index (χ4n) is 1.79. The molecule has 0 saturated carbocycles. The van der Waals surface area contributed by atoms with Crippen molar-refractivity contribution in [3.8, 4) is 0 Å². The summed E-state index contributed by atoms with van der Waals surface area (Å²) in [5.41, 5.74) is 1.30. The van der Waals surface area contributed by atoms with E-state index in [4.69, 9.17) is 4.74 Å². The fourth-order valence-corrected chi connectivity index (χ4v) is 1.79. The van der Waals surface area contributed by atoms with Gasteiger partial charge in [0.05, 0.1) is 6.61 Å². The van der Waals surface area contributed by atoms with Gasteiger partial charge < -0.3 is 4.74 Å². The van der Waals surface area contributed by atoms with E-state index in [-0.39, 0.29) is 29.9 Å². The number of hydrogen-bond acceptors (Lipinski definition) is 2. The molecule has 0 aromatic heterocycles. The van der Waals surface area contributed by atoms with Crippen LogP contribution in [0, 0.1) is 11.2 Å². The molecule has 1 aromatic carbocycles. The van der Waals surface area contributed by atoms with Crippen LogP contribution in [0.1, 0.15) is 19.4 Å². The summed E-state index contributed by atoms with van der Waals surface area (Å²) in [5.74, 6) is -0.192. The number of rotatable bonds is 2. The van der Waals surface area contributed by atoms with Gasteiger partial charge in [-0.1, -0.05) is 26.0 Å². The molecule has 4 heteroatoms. The number of nitrogens with one attached hydrogen (secondary N) is 1. The van der Waals surface area contributed by atoms with Crippen LogP contribution in [0.2, 0.25) is 0 Å². The lowest BCUT2D eigenvalue weighted by atomic mass is 9.93. The third-order valence-electron chi connectivity index (χ3n) is 2.82. The molecule has 1 aliphatic heterocycles. The molecule has 2 nitrogen and oxygen atoms in total. The largest absolute Gasteiger partial charge is 0.362 e. The Labute approximate surface area is 108 Å². The molecule has 0 radical (unpaired) electrons. The van der Waals surface area contributed by atoms with Crippen LogP contribution >= 0.6 is 12.4 Å². The summed E-state index contributed by atoms with van der Waals surface area (Å²) in [6, 6.07) is 6.59. The average molecular weight is 260 g/mol. The third kappa shape index (κ3) is 4.26. The van der Waals surface area contributed by atoms with E-state index >= 15 is 0 Å². The highest BCUT2D eigenvalue weighted by atomic mass is 35.5. The van der Waals surface area contributed by atoms with E-state index in [1.807, 2.05) is 0 Å². The van der Waals surface area contributed by atoms with Crippen LogP contribution in [0.4, 0.5) is 4.39 Å². The molecule has 0 aliphatic carbocycles. The Morgan fingerprint density at radius 2 is 2.00 bits per heavy atom. The molecule has 0 bridgehead atoms. The molecule has 1 N–H and O–H groups in total. The van der Waals surface area contributed by atoms with E-state index in [0.717, 1.165) is 25.1 Å². The zero-order chi connectivity index (χ0) is 11.6. The number of ether oxygens (including phenoxy) is 1. The van der Waals surface area contributed by atoms with Crippen molar-refractivity contribution in [2.24, 2.45) is 5.41 Å². The van der Waals surface area contributed by atoms with Crippen molar-refractivity contribution in [1.29, 1.82) is 0 Å². The van der Waals surface area contributed by atoms with Crippen molar-refractivity contribution in [2.75, 3.05) is 13.2 Å². The summed E-state index contributed by atoms with van der Waals surface area (Å²) in [7, 11) is 0. The monoisotopic (exact) mass is 259 g/mol. The van der Waals surface area contributed by atoms with Crippen LogP contribution in [-0.2, 0) is 11.2 Å². The van der Waals surface area contributed by atoms with E-state index in [2.05, 4.69) is 19.2 Å². The Hall–Kier alpha value is -0.640. The van der Waals surface area contributed by atoms with Gasteiger partial charge in [0.15, 0.2) is 0 Å². The summed E-state index contributed by atoms with van der Waals surface area (Å²) in [6.45, 7) is 6.08. The standard InChI is InChI=1S/C13H18FNO.ClH/c1-13(2)8-15-12(16-9-13)7-10-3-5-11(14)6-4-10;/h3-6,12,15H,7-9H2,1-2H3;1H. The highest BCUT2D eigenvalue weighted by Gasteiger charge is 2.26. The van der Waals surface area contributed by atoms with Crippen molar-refractivity contribution in [1.82, 2.24) is 5.32 Å². The summed E-state index contributed by atoms with van der Waals surface area (Å²) >= 11 is 0. The number of hydrogen-bond donors (Lipinski definition) is 1. The van der Waals surface area contributed by atoms with Crippen molar-refractivity contribution in [3.63, 3.8) is 0 Å². The molecule has 2 rings (SSSR count). The van der Waals surface area contributed by atoms with E-state index < -0.39 is 0 Å². The highest BCUT2D eigenvalue weighted by molar-refractivity contribution is 5.85. The molecule has 1 heterocycles. The summed E-state index contributed by atoms with van der Waals surface area (Å²) < 4.78 is 18.4. The minimum absolute atomic E-state index is 0. The van der Waals surface area contributed by atoms with Crippen LogP contribution in [0.5, 0.6) is 0 Å². The number of halogens is 2. The summed E-state index contributed by atoms with van der Waals surface area (Å²) in [5, 5.41) is 3.36. The smallest absolute Gasteiger partial charge is 0.123 e.